The van der Waals surface area contributed by atoms with Gasteiger partial charge in [0, 0.05) is 10.8 Å². The average Bonchev–Trinajstić information content (AvgIpc) is 2.97. The summed E-state index contributed by atoms with van der Waals surface area (Å²) in [6, 6.07) is 6.76. The van der Waals surface area contributed by atoms with Crippen LogP contribution in [0.3, 0.4) is 0 Å². The Bertz CT molecular complexity index is 858. The van der Waals surface area contributed by atoms with Gasteiger partial charge >= 0.3 is 0 Å². The van der Waals surface area contributed by atoms with Crippen molar-refractivity contribution < 1.29 is 18.3 Å². The smallest absolute Gasteiger partial charge is 0.182 e. The van der Waals surface area contributed by atoms with Crippen LogP contribution in [0.2, 0.25) is 0 Å². The van der Waals surface area contributed by atoms with Crippen molar-refractivity contribution in [3.05, 3.63) is 35.9 Å². The Kier molecular flexibility index (Phi) is 5.19. The van der Waals surface area contributed by atoms with E-state index in [0.29, 0.717) is 26.8 Å². The van der Waals surface area contributed by atoms with Crippen LogP contribution >= 0.6 is 11.3 Å². The summed E-state index contributed by atoms with van der Waals surface area (Å²) in [5, 5.41) is 1.40. The Labute approximate surface area is 144 Å². The van der Waals surface area contributed by atoms with Crippen molar-refractivity contribution in [1.82, 2.24) is 0 Å². The Hall–Kier alpha value is -1.88. The monoisotopic (exact) mass is 350 g/mol. The maximum atomic E-state index is 14.7. The Morgan fingerprint density at radius 2 is 1.50 bits per heavy atom. The van der Waals surface area contributed by atoms with Crippen LogP contribution in [0.1, 0.15) is 32.6 Å². The van der Waals surface area contributed by atoms with Gasteiger partial charge in [-0.3, -0.25) is 0 Å². The highest BCUT2D eigenvalue weighted by Gasteiger charge is 2.17. The molecule has 1 aromatic heterocycles. The van der Waals surface area contributed by atoms with Crippen molar-refractivity contribution in [2.75, 3.05) is 13.7 Å². The fourth-order valence-corrected chi connectivity index (χ4v) is 3.94. The van der Waals surface area contributed by atoms with E-state index >= 15 is 0 Å². The number of unbranched alkanes of at least 4 members (excludes halogenated alkanes) is 3. The quantitative estimate of drug-likeness (QED) is 0.466. The lowest BCUT2D eigenvalue weighted by atomic mass is 10.1. The maximum Gasteiger partial charge on any atom is 0.182 e. The lowest BCUT2D eigenvalue weighted by molar-refractivity contribution is 0.292. The van der Waals surface area contributed by atoms with E-state index < -0.39 is 11.6 Å². The van der Waals surface area contributed by atoms with Gasteiger partial charge in [-0.05, 0) is 30.7 Å². The summed E-state index contributed by atoms with van der Waals surface area (Å²) >= 11 is 1.10. The van der Waals surface area contributed by atoms with Crippen molar-refractivity contribution in [3.8, 4) is 11.5 Å². The van der Waals surface area contributed by atoms with Crippen LogP contribution < -0.4 is 9.47 Å². The zero-order valence-corrected chi connectivity index (χ0v) is 14.6. The second kappa shape index (κ2) is 7.34. The molecule has 0 radical (unpaired) electrons. The first-order valence-corrected chi connectivity index (χ1v) is 8.99. The van der Waals surface area contributed by atoms with Crippen molar-refractivity contribution in [2.45, 2.75) is 32.6 Å². The van der Waals surface area contributed by atoms with Crippen LogP contribution in [-0.2, 0) is 0 Å². The molecule has 0 aliphatic heterocycles. The van der Waals surface area contributed by atoms with Crippen LogP contribution in [0.5, 0.6) is 11.5 Å². The molecule has 0 amide bonds. The number of methoxy groups -OCH3 is 1. The Morgan fingerprint density at radius 3 is 2.12 bits per heavy atom. The molecule has 0 spiro atoms. The summed E-state index contributed by atoms with van der Waals surface area (Å²) in [5.74, 6) is -0.458. The highest BCUT2D eigenvalue weighted by Crippen LogP contribution is 2.41. The van der Waals surface area contributed by atoms with Gasteiger partial charge in [-0.25, -0.2) is 8.78 Å². The predicted molar refractivity (Wildman–Crippen MR) is 95.4 cm³/mol. The summed E-state index contributed by atoms with van der Waals surface area (Å²) in [7, 11) is 1.42. The summed E-state index contributed by atoms with van der Waals surface area (Å²) in [6.07, 6.45) is 4.29. The average molecular weight is 350 g/mol. The molecule has 3 rings (SSSR count). The van der Waals surface area contributed by atoms with E-state index in [1.807, 2.05) is 0 Å². The van der Waals surface area contributed by atoms with E-state index in [4.69, 9.17) is 9.47 Å². The van der Waals surface area contributed by atoms with Gasteiger partial charge in [-0.1, -0.05) is 26.2 Å². The summed E-state index contributed by atoms with van der Waals surface area (Å²) in [6.45, 7) is 2.64. The van der Waals surface area contributed by atoms with Gasteiger partial charge in [-0.2, -0.15) is 0 Å². The minimum atomic E-state index is -0.447. The largest absolute Gasteiger partial charge is 0.494 e. The van der Waals surface area contributed by atoms with Gasteiger partial charge in [0.2, 0.25) is 0 Å². The van der Waals surface area contributed by atoms with Crippen LogP contribution in [0.15, 0.2) is 24.3 Å². The van der Waals surface area contributed by atoms with Crippen molar-refractivity contribution in [1.29, 1.82) is 0 Å². The van der Waals surface area contributed by atoms with Gasteiger partial charge in [-0.15, -0.1) is 11.3 Å². The van der Waals surface area contributed by atoms with E-state index in [1.165, 1.54) is 7.11 Å². The molecular formula is C19H20F2O2S. The zero-order chi connectivity index (χ0) is 17.1. The van der Waals surface area contributed by atoms with E-state index in [9.17, 15) is 8.78 Å². The third kappa shape index (κ3) is 3.05. The highest BCUT2D eigenvalue weighted by molar-refractivity contribution is 7.25. The summed E-state index contributed by atoms with van der Waals surface area (Å²) in [4.78, 5) is 0. The first kappa shape index (κ1) is 17.0. The lowest BCUT2D eigenvalue weighted by Crippen LogP contribution is -1.99. The number of ether oxygens (including phenoxy) is 2. The number of hydrogen-bond donors (Lipinski definition) is 0. The van der Waals surface area contributed by atoms with Gasteiger partial charge in [0.25, 0.3) is 0 Å². The number of thiophene rings is 1. The van der Waals surface area contributed by atoms with Crippen LogP contribution in [0.25, 0.3) is 20.2 Å². The SMILES string of the molecule is CCCCCCOc1ccc2c(sc3c(F)c(OC)ccc32)c1F. The second-order valence-electron chi connectivity index (χ2n) is 5.72. The topological polar surface area (TPSA) is 18.5 Å². The third-order valence-electron chi connectivity index (χ3n) is 4.09. The van der Waals surface area contributed by atoms with Crippen LogP contribution in [0.4, 0.5) is 8.78 Å². The number of halogens is 2. The molecule has 0 N–H and O–H groups in total. The third-order valence-corrected chi connectivity index (χ3v) is 5.30. The molecule has 3 aromatic rings. The fraction of sp³-hybridized carbons (Fsp3) is 0.368. The molecule has 5 heteroatoms. The molecule has 0 fully saturated rings. The minimum absolute atomic E-state index is 0.168. The van der Waals surface area contributed by atoms with E-state index in [2.05, 4.69) is 6.92 Å². The standard InChI is InChI=1S/C19H20F2O2S/c1-3-4-5-6-11-23-15-10-8-13-12-7-9-14(22-2)16(20)18(12)24-19(13)17(15)21/h7-10H,3-6,11H2,1-2H3. The minimum Gasteiger partial charge on any atom is -0.494 e. The zero-order valence-electron chi connectivity index (χ0n) is 13.8. The number of hydrogen-bond acceptors (Lipinski definition) is 3. The second-order valence-corrected chi connectivity index (χ2v) is 6.74. The van der Waals surface area contributed by atoms with E-state index in [1.54, 1.807) is 24.3 Å². The highest BCUT2D eigenvalue weighted by atomic mass is 32.1. The molecule has 2 aromatic carbocycles. The summed E-state index contributed by atoms with van der Waals surface area (Å²) < 4.78 is 40.5. The van der Waals surface area contributed by atoms with Crippen molar-refractivity contribution >= 4 is 31.5 Å². The van der Waals surface area contributed by atoms with Crippen LogP contribution in [-0.4, -0.2) is 13.7 Å². The molecule has 0 aliphatic rings. The first-order chi connectivity index (χ1) is 11.7. The lowest BCUT2D eigenvalue weighted by Gasteiger charge is -2.07. The molecule has 0 saturated carbocycles. The molecule has 1 heterocycles. The molecule has 2 nitrogen and oxygen atoms in total. The van der Waals surface area contributed by atoms with Crippen molar-refractivity contribution in [2.24, 2.45) is 0 Å². The molecule has 0 saturated heterocycles. The Morgan fingerprint density at radius 1 is 0.875 bits per heavy atom. The van der Waals surface area contributed by atoms with E-state index in [0.717, 1.165) is 37.0 Å². The molecule has 128 valence electrons. The molecule has 0 bridgehead atoms. The molecule has 0 atom stereocenters. The molecular weight excluding hydrogens is 330 g/mol. The van der Waals surface area contributed by atoms with Gasteiger partial charge in [0.05, 0.1) is 23.1 Å². The number of rotatable bonds is 7. The van der Waals surface area contributed by atoms with Gasteiger partial charge < -0.3 is 9.47 Å². The predicted octanol–water partition coefficient (Wildman–Crippen LogP) is 6.30. The molecule has 0 aliphatic carbocycles. The number of fused-ring (bicyclic) bond motifs is 3. The molecule has 24 heavy (non-hydrogen) atoms. The van der Waals surface area contributed by atoms with E-state index in [-0.39, 0.29) is 11.5 Å². The Balaban J connectivity index is 1.93. The maximum absolute atomic E-state index is 14.7. The van der Waals surface area contributed by atoms with Gasteiger partial charge in [0.1, 0.15) is 0 Å². The fourth-order valence-electron chi connectivity index (χ4n) is 2.78. The summed E-state index contributed by atoms with van der Waals surface area (Å²) in [5.41, 5.74) is 0. The molecule has 0 unspecified atom stereocenters. The van der Waals surface area contributed by atoms with Crippen LogP contribution in [0, 0.1) is 11.6 Å². The number of benzene rings is 2. The normalized spacial score (nSPS) is 11.3. The van der Waals surface area contributed by atoms with Gasteiger partial charge in [0.15, 0.2) is 23.1 Å². The first-order valence-electron chi connectivity index (χ1n) is 8.17. The van der Waals surface area contributed by atoms with Crippen molar-refractivity contribution in [3.63, 3.8) is 0 Å².